The second kappa shape index (κ2) is 11.6. The summed E-state index contributed by atoms with van der Waals surface area (Å²) in [4.78, 5) is 18.2. The van der Waals surface area contributed by atoms with Crippen molar-refractivity contribution in [3.05, 3.63) is 59.7 Å². The lowest BCUT2D eigenvalue weighted by atomic mass is 10.1. The largest absolute Gasteiger partial charge is 0.495 e. The van der Waals surface area contributed by atoms with Crippen LogP contribution in [0.2, 0.25) is 0 Å². The van der Waals surface area contributed by atoms with Crippen molar-refractivity contribution < 1.29 is 14.3 Å². The number of methoxy groups -OCH3 is 2. The van der Waals surface area contributed by atoms with Gasteiger partial charge in [0.2, 0.25) is 0 Å². The molecular formula is C22H29IN4O3. The molecule has 30 heavy (non-hydrogen) atoms. The standard InChI is InChI=1S/C22H28N4O3.HI/c1-23-22(24-14-16-8-10-17(11-9-16)21(27)29-3)25-18-12-13-26(15-18)19-6-4-5-7-20(19)28-2;/h4-11,18H,12-15H2,1-3H3,(H2,23,24,25);1H. The van der Waals surface area contributed by atoms with Gasteiger partial charge in [-0.2, -0.15) is 0 Å². The highest BCUT2D eigenvalue weighted by Crippen LogP contribution is 2.30. The molecule has 1 unspecified atom stereocenters. The number of rotatable bonds is 6. The number of hydrogen-bond donors (Lipinski definition) is 2. The number of aliphatic imine (C=N–C) groups is 1. The fourth-order valence-electron chi connectivity index (χ4n) is 3.44. The van der Waals surface area contributed by atoms with E-state index in [1.54, 1.807) is 26.3 Å². The summed E-state index contributed by atoms with van der Waals surface area (Å²) in [5.41, 5.74) is 2.72. The van der Waals surface area contributed by atoms with Gasteiger partial charge in [-0.25, -0.2) is 4.79 Å². The summed E-state index contributed by atoms with van der Waals surface area (Å²) in [6.07, 6.45) is 1.02. The third kappa shape index (κ3) is 6.01. The van der Waals surface area contributed by atoms with Crippen molar-refractivity contribution in [1.29, 1.82) is 0 Å². The second-order valence-corrected chi connectivity index (χ2v) is 6.86. The van der Waals surface area contributed by atoms with Gasteiger partial charge in [-0.1, -0.05) is 24.3 Å². The van der Waals surface area contributed by atoms with E-state index in [1.807, 2.05) is 30.3 Å². The van der Waals surface area contributed by atoms with Gasteiger partial charge in [0.25, 0.3) is 0 Å². The highest BCUT2D eigenvalue weighted by Gasteiger charge is 2.25. The number of carbonyl (C=O) groups excluding carboxylic acids is 1. The smallest absolute Gasteiger partial charge is 0.337 e. The average molecular weight is 524 g/mol. The predicted octanol–water partition coefficient (Wildman–Crippen LogP) is 3.04. The first-order chi connectivity index (χ1) is 14.1. The third-order valence-corrected chi connectivity index (χ3v) is 5.01. The Labute approximate surface area is 194 Å². The summed E-state index contributed by atoms with van der Waals surface area (Å²) in [5.74, 6) is 1.32. The molecule has 0 saturated carbocycles. The van der Waals surface area contributed by atoms with Gasteiger partial charge in [-0.3, -0.25) is 4.99 Å². The Balaban J connectivity index is 0.00000320. The zero-order valence-electron chi connectivity index (χ0n) is 17.6. The van der Waals surface area contributed by atoms with Crippen LogP contribution in [0.4, 0.5) is 5.69 Å². The van der Waals surface area contributed by atoms with E-state index < -0.39 is 0 Å². The van der Waals surface area contributed by atoms with E-state index in [1.165, 1.54) is 7.11 Å². The fraction of sp³-hybridized carbons (Fsp3) is 0.364. The second-order valence-electron chi connectivity index (χ2n) is 6.86. The van der Waals surface area contributed by atoms with Gasteiger partial charge in [0.05, 0.1) is 25.5 Å². The lowest BCUT2D eigenvalue weighted by Crippen LogP contribution is -2.44. The number of hydrogen-bond acceptors (Lipinski definition) is 5. The van der Waals surface area contributed by atoms with Gasteiger partial charge in [0.1, 0.15) is 5.75 Å². The molecule has 1 aliphatic heterocycles. The highest BCUT2D eigenvalue weighted by molar-refractivity contribution is 14.0. The Bertz CT molecular complexity index is 858. The number of nitrogens with zero attached hydrogens (tertiary/aromatic N) is 2. The molecule has 7 nitrogen and oxygen atoms in total. The zero-order chi connectivity index (χ0) is 20.6. The zero-order valence-corrected chi connectivity index (χ0v) is 19.9. The van der Waals surface area contributed by atoms with E-state index in [0.29, 0.717) is 18.2 Å². The van der Waals surface area contributed by atoms with Crippen molar-refractivity contribution in [1.82, 2.24) is 10.6 Å². The maximum Gasteiger partial charge on any atom is 0.337 e. The van der Waals surface area contributed by atoms with Crippen LogP contribution in [0.15, 0.2) is 53.5 Å². The number of nitrogens with one attached hydrogen (secondary N) is 2. The van der Waals surface area contributed by atoms with Crippen LogP contribution >= 0.6 is 24.0 Å². The van der Waals surface area contributed by atoms with Gasteiger partial charge in [-0.15, -0.1) is 24.0 Å². The van der Waals surface area contributed by atoms with Gasteiger partial charge < -0.3 is 25.0 Å². The van der Waals surface area contributed by atoms with Crippen LogP contribution < -0.4 is 20.3 Å². The minimum atomic E-state index is -0.331. The maximum absolute atomic E-state index is 11.5. The van der Waals surface area contributed by atoms with E-state index in [0.717, 1.165) is 42.5 Å². The van der Waals surface area contributed by atoms with Crippen LogP contribution in [-0.4, -0.2) is 52.3 Å². The molecule has 2 aromatic rings. The topological polar surface area (TPSA) is 75.2 Å². The molecule has 2 N–H and O–H groups in total. The van der Waals surface area contributed by atoms with Crippen molar-refractivity contribution in [3.63, 3.8) is 0 Å². The Kier molecular flexibility index (Phi) is 9.22. The number of para-hydroxylation sites is 2. The molecule has 0 aromatic heterocycles. The number of anilines is 1. The van der Waals surface area contributed by atoms with Crippen LogP contribution in [0.25, 0.3) is 0 Å². The van der Waals surface area contributed by atoms with Crippen LogP contribution in [0, 0.1) is 0 Å². The molecule has 3 rings (SSSR count). The first-order valence-corrected chi connectivity index (χ1v) is 9.67. The van der Waals surface area contributed by atoms with Crippen molar-refractivity contribution in [2.45, 2.75) is 19.0 Å². The van der Waals surface area contributed by atoms with E-state index >= 15 is 0 Å². The molecule has 1 heterocycles. The molecule has 1 saturated heterocycles. The van der Waals surface area contributed by atoms with Crippen molar-refractivity contribution in [2.75, 3.05) is 39.3 Å². The van der Waals surface area contributed by atoms with Crippen molar-refractivity contribution >= 4 is 41.6 Å². The van der Waals surface area contributed by atoms with E-state index in [4.69, 9.17) is 9.47 Å². The first-order valence-electron chi connectivity index (χ1n) is 9.67. The third-order valence-electron chi connectivity index (χ3n) is 5.01. The molecule has 1 atom stereocenters. The summed E-state index contributed by atoms with van der Waals surface area (Å²) in [7, 11) is 4.85. The Morgan fingerprint density at radius 3 is 2.57 bits per heavy atom. The minimum Gasteiger partial charge on any atom is -0.495 e. The number of benzene rings is 2. The Hall–Kier alpha value is -2.49. The fourth-order valence-corrected chi connectivity index (χ4v) is 3.44. The minimum absolute atomic E-state index is 0. The summed E-state index contributed by atoms with van der Waals surface area (Å²) >= 11 is 0. The summed E-state index contributed by atoms with van der Waals surface area (Å²) in [6.45, 7) is 2.46. The summed E-state index contributed by atoms with van der Waals surface area (Å²) in [6, 6.07) is 15.7. The first kappa shape index (κ1) is 23.8. The number of esters is 1. The molecule has 1 fully saturated rings. The number of guanidine groups is 1. The van der Waals surface area contributed by atoms with E-state index in [9.17, 15) is 4.79 Å². The predicted molar refractivity (Wildman–Crippen MR) is 130 cm³/mol. The quantitative estimate of drug-likeness (QED) is 0.262. The molecular weight excluding hydrogens is 495 g/mol. The molecule has 0 radical (unpaired) electrons. The highest BCUT2D eigenvalue weighted by atomic mass is 127. The molecule has 0 bridgehead atoms. The van der Waals surface area contributed by atoms with Gasteiger partial charge in [0, 0.05) is 32.7 Å². The number of halogens is 1. The SMILES string of the molecule is CN=C(NCc1ccc(C(=O)OC)cc1)NC1CCN(c2ccccc2OC)C1.I. The molecule has 162 valence electrons. The van der Waals surface area contributed by atoms with Crippen molar-refractivity contribution in [2.24, 2.45) is 4.99 Å². The molecule has 0 aliphatic carbocycles. The van der Waals surface area contributed by atoms with Crippen LogP contribution in [0.3, 0.4) is 0 Å². The van der Waals surface area contributed by atoms with Crippen LogP contribution in [0.5, 0.6) is 5.75 Å². The monoisotopic (exact) mass is 524 g/mol. The van der Waals surface area contributed by atoms with Crippen molar-refractivity contribution in [3.8, 4) is 5.75 Å². The van der Waals surface area contributed by atoms with Gasteiger partial charge in [-0.05, 0) is 36.2 Å². The summed E-state index contributed by atoms with van der Waals surface area (Å²) in [5, 5.41) is 6.83. The number of carbonyl (C=O) groups is 1. The summed E-state index contributed by atoms with van der Waals surface area (Å²) < 4.78 is 10.2. The van der Waals surface area contributed by atoms with Gasteiger partial charge >= 0.3 is 5.97 Å². The van der Waals surface area contributed by atoms with Crippen LogP contribution in [-0.2, 0) is 11.3 Å². The maximum atomic E-state index is 11.5. The van der Waals surface area contributed by atoms with E-state index in [-0.39, 0.29) is 29.9 Å². The average Bonchev–Trinajstić information content (AvgIpc) is 3.24. The molecule has 0 spiro atoms. The van der Waals surface area contributed by atoms with Crippen LogP contribution in [0.1, 0.15) is 22.3 Å². The Morgan fingerprint density at radius 1 is 1.17 bits per heavy atom. The molecule has 8 heteroatoms. The molecule has 0 amide bonds. The van der Waals surface area contributed by atoms with E-state index in [2.05, 4.69) is 26.6 Å². The lowest BCUT2D eigenvalue weighted by molar-refractivity contribution is 0.0600. The number of ether oxygens (including phenoxy) is 2. The molecule has 2 aromatic carbocycles. The molecule has 1 aliphatic rings. The normalized spacial score (nSPS) is 15.9. The van der Waals surface area contributed by atoms with Gasteiger partial charge in [0.15, 0.2) is 5.96 Å². The lowest BCUT2D eigenvalue weighted by Gasteiger charge is -2.22. The Morgan fingerprint density at radius 2 is 1.90 bits per heavy atom.